The summed E-state index contributed by atoms with van der Waals surface area (Å²) in [6, 6.07) is 11.6. The van der Waals surface area contributed by atoms with Crippen LogP contribution in [-0.2, 0) is 4.79 Å². The molecule has 0 saturated carbocycles. The molecule has 2 aromatic heterocycles. The first-order chi connectivity index (χ1) is 16.3. The van der Waals surface area contributed by atoms with Crippen LogP contribution in [0.3, 0.4) is 0 Å². The molecule has 0 aliphatic rings. The van der Waals surface area contributed by atoms with Gasteiger partial charge in [-0.05, 0) is 56.3 Å². The zero-order valence-corrected chi connectivity index (χ0v) is 18.1. The van der Waals surface area contributed by atoms with Gasteiger partial charge in [0.05, 0.1) is 11.7 Å². The average molecular weight is 468 g/mol. The minimum atomic E-state index is -0.646. The maximum atomic E-state index is 14.2. The van der Waals surface area contributed by atoms with Crippen molar-refractivity contribution in [3.05, 3.63) is 70.6 Å². The number of rotatable bonds is 6. The molecule has 0 aliphatic carbocycles. The molecular weight excluding hydrogens is 447 g/mol. The Morgan fingerprint density at radius 3 is 2.50 bits per heavy atom. The number of nitrogens with zero attached hydrogens (tertiary/aromatic N) is 2. The molecule has 4 aromatic rings. The third-order valence-corrected chi connectivity index (χ3v) is 4.25. The van der Waals surface area contributed by atoms with Gasteiger partial charge in [-0.2, -0.15) is 4.98 Å². The van der Waals surface area contributed by atoms with Gasteiger partial charge in [-0.1, -0.05) is 0 Å². The van der Waals surface area contributed by atoms with Gasteiger partial charge in [0.25, 0.3) is 12.4 Å². The molecule has 5 N–H and O–H groups in total. The lowest BCUT2D eigenvalue weighted by Crippen LogP contribution is -2.29. The van der Waals surface area contributed by atoms with Crippen molar-refractivity contribution < 1.29 is 23.5 Å². The normalized spacial score (nSPS) is 10.4. The van der Waals surface area contributed by atoms with Crippen molar-refractivity contribution in [1.82, 2.24) is 20.3 Å². The molecule has 0 unspecified atom stereocenters. The molecule has 0 radical (unpaired) electrons. The van der Waals surface area contributed by atoms with Gasteiger partial charge in [0.15, 0.2) is 17.2 Å². The number of hydrogen-bond acceptors (Lipinski definition) is 8. The number of halogens is 1. The molecule has 2 heterocycles. The molecule has 0 aliphatic heterocycles. The standard InChI is InChI=1S/C21H19FN6O3.CH2O2/c1-11(2)24-19(29)12-3-5-13(6-4-12)26-20-23-10-15(22)18(28-20)25-14-7-8-17-16(9-14)27-21(30)31-17;2-1-3/h3-11H,1-2H3,(H,24,29)(H,27,30)(H2,23,25,26,28);1H,(H,2,3). The fourth-order valence-corrected chi connectivity index (χ4v) is 2.86. The molecule has 1 amide bonds. The quantitative estimate of drug-likeness (QED) is 0.267. The van der Waals surface area contributed by atoms with Crippen LogP contribution in [0.15, 0.2) is 57.9 Å². The highest BCUT2D eigenvalue weighted by atomic mass is 19.1. The fraction of sp³-hybridized carbons (Fsp3) is 0.136. The summed E-state index contributed by atoms with van der Waals surface area (Å²) in [6.45, 7) is 3.52. The van der Waals surface area contributed by atoms with Gasteiger partial charge in [0.2, 0.25) is 5.95 Å². The summed E-state index contributed by atoms with van der Waals surface area (Å²) in [7, 11) is 0. The van der Waals surface area contributed by atoms with E-state index in [1.807, 2.05) is 13.8 Å². The van der Waals surface area contributed by atoms with E-state index in [1.54, 1.807) is 42.5 Å². The molecule has 4 rings (SSSR count). The highest BCUT2D eigenvalue weighted by Crippen LogP contribution is 2.23. The second-order valence-corrected chi connectivity index (χ2v) is 7.18. The molecule has 11 nitrogen and oxygen atoms in total. The number of aromatic nitrogens is 3. The predicted octanol–water partition coefficient (Wildman–Crippen LogP) is 3.38. The third kappa shape index (κ3) is 6.16. The summed E-state index contributed by atoms with van der Waals surface area (Å²) in [4.78, 5) is 42.3. The Hall–Kier alpha value is -4.74. The fourth-order valence-electron chi connectivity index (χ4n) is 2.86. The van der Waals surface area contributed by atoms with Crippen LogP contribution in [-0.4, -0.2) is 38.5 Å². The number of oxazole rings is 1. The van der Waals surface area contributed by atoms with Crippen molar-refractivity contribution in [2.24, 2.45) is 0 Å². The topological polar surface area (TPSA) is 162 Å². The Bertz CT molecular complexity index is 1350. The Labute approximate surface area is 192 Å². The van der Waals surface area contributed by atoms with E-state index >= 15 is 0 Å². The van der Waals surface area contributed by atoms with E-state index in [4.69, 9.17) is 14.3 Å². The Morgan fingerprint density at radius 2 is 1.82 bits per heavy atom. The number of anilines is 4. The summed E-state index contributed by atoms with van der Waals surface area (Å²) in [5, 5.41) is 15.5. The predicted molar refractivity (Wildman–Crippen MR) is 123 cm³/mol. The SMILES string of the molecule is CC(C)NC(=O)c1ccc(Nc2ncc(F)c(Nc3ccc4oc(=O)[nH]c4c3)n2)cc1.O=CO. The molecule has 0 fully saturated rings. The molecule has 12 heteroatoms. The van der Waals surface area contributed by atoms with E-state index < -0.39 is 11.6 Å². The summed E-state index contributed by atoms with van der Waals surface area (Å²) in [5.74, 6) is -1.26. The monoisotopic (exact) mass is 468 g/mol. The number of carbonyl (C=O) groups excluding carboxylic acids is 1. The molecule has 0 saturated heterocycles. The molecular formula is C22H21FN6O5. The van der Waals surface area contributed by atoms with Crippen molar-refractivity contribution in [2.75, 3.05) is 10.6 Å². The lowest BCUT2D eigenvalue weighted by atomic mass is 10.2. The van der Waals surface area contributed by atoms with Crippen molar-refractivity contribution >= 4 is 46.6 Å². The summed E-state index contributed by atoms with van der Waals surface area (Å²) in [6.07, 6.45) is 1.04. The molecule has 0 bridgehead atoms. The minimum Gasteiger partial charge on any atom is -0.483 e. The van der Waals surface area contributed by atoms with Crippen LogP contribution in [0.4, 0.5) is 27.5 Å². The smallest absolute Gasteiger partial charge is 0.417 e. The summed E-state index contributed by atoms with van der Waals surface area (Å²) < 4.78 is 19.2. The minimum absolute atomic E-state index is 0.0401. The number of hydrogen-bond donors (Lipinski definition) is 5. The van der Waals surface area contributed by atoms with Gasteiger partial charge in [-0.25, -0.2) is 14.2 Å². The molecule has 0 spiro atoms. The van der Waals surface area contributed by atoms with Crippen molar-refractivity contribution in [3.8, 4) is 0 Å². The zero-order valence-electron chi connectivity index (χ0n) is 18.1. The van der Waals surface area contributed by atoms with E-state index in [0.717, 1.165) is 6.20 Å². The average Bonchev–Trinajstić information content (AvgIpc) is 3.16. The van der Waals surface area contributed by atoms with Crippen molar-refractivity contribution in [3.63, 3.8) is 0 Å². The molecule has 2 aromatic carbocycles. The third-order valence-electron chi connectivity index (χ3n) is 4.25. The van der Waals surface area contributed by atoms with Crippen LogP contribution < -0.4 is 21.7 Å². The van der Waals surface area contributed by atoms with Crippen LogP contribution in [0.2, 0.25) is 0 Å². The van der Waals surface area contributed by atoms with Crippen LogP contribution in [0, 0.1) is 5.82 Å². The maximum Gasteiger partial charge on any atom is 0.417 e. The van der Waals surface area contributed by atoms with Crippen molar-refractivity contribution in [2.45, 2.75) is 19.9 Å². The number of fused-ring (bicyclic) bond motifs is 1. The first-order valence-corrected chi connectivity index (χ1v) is 9.97. The largest absolute Gasteiger partial charge is 0.483 e. The Morgan fingerprint density at radius 1 is 1.15 bits per heavy atom. The van der Waals surface area contributed by atoms with E-state index in [-0.39, 0.29) is 30.2 Å². The summed E-state index contributed by atoms with van der Waals surface area (Å²) in [5.41, 5.74) is 2.54. The van der Waals surface area contributed by atoms with Crippen molar-refractivity contribution in [1.29, 1.82) is 0 Å². The van der Waals surface area contributed by atoms with Gasteiger partial charge in [-0.15, -0.1) is 0 Å². The highest BCUT2D eigenvalue weighted by molar-refractivity contribution is 5.94. The lowest BCUT2D eigenvalue weighted by molar-refractivity contribution is -0.122. The molecule has 176 valence electrons. The van der Waals surface area contributed by atoms with Gasteiger partial charge in [-0.3, -0.25) is 14.6 Å². The number of nitrogens with one attached hydrogen (secondary N) is 4. The number of carboxylic acid groups (broad SMARTS) is 1. The van der Waals surface area contributed by atoms with Gasteiger partial charge >= 0.3 is 5.76 Å². The summed E-state index contributed by atoms with van der Waals surface area (Å²) >= 11 is 0. The number of benzene rings is 2. The number of H-pyrrole nitrogens is 1. The highest BCUT2D eigenvalue weighted by Gasteiger charge is 2.11. The maximum absolute atomic E-state index is 14.2. The van der Waals surface area contributed by atoms with E-state index in [9.17, 15) is 14.0 Å². The Kier molecular flexibility index (Phi) is 7.54. The molecule has 34 heavy (non-hydrogen) atoms. The van der Waals surface area contributed by atoms with E-state index in [2.05, 4.69) is 30.9 Å². The molecule has 0 atom stereocenters. The van der Waals surface area contributed by atoms with Crippen LogP contribution in [0.1, 0.15) is 24.2 Å². The van der Waals surface area contributed by atoms with E-state index in [0.29, 0.717) is 28.0 Å². The lowest BCUT2D eigenvalue weighted by Gasteiger charge is -2.11. The zero-order chi connectivity index (χ0) is 24.7. The first-order valence-electron chi connectivity index (χ1n) is 9.97. The van der Waals surface area contributed by atoms with Gasteiger partial charge < -0.3 is 25.5 Å². The van der Waals surface area contributed by atoms with Crippen LogP contribution >= 0.6 is 0 Å². The van der Waals surface area contributed by atoms with Gasteiger partial charge in [0.1, 0.15) is 0 Å². The van der Waals surface area contributed by atoms with E-state index in [1.165, 1.54) is 0 Å². The van der Waals surface area contributed by atoms with Crippen LogP contribution in [0.25, 0.3) is 11.1 Å². The number of aromatic amines is 1. The van der Waals surface area contributed by atoms with Gasteiger partial charge in [0, 0.05) is 23.0 Å². The second-order valence-electron chi connectivity index (χ2n) is 7.18. The Balaban J connectivity index is 0.00000103. The van der Waals surface area contributed by atoms with Crippen LogP contribution in [0.5, 0.6) is 0 Å². The second kappa shape index (κ2) is 10.7. The first kappa shape index (κ1) is 23.9. The number of amides is 1. The number of carbonyl (C=O) groups is 2.